The van der Waals surface area contributed by atoms with Crippen molar-refractivity contribution in [2.75, 3.05) is 32.8 Å². The Bertz CT molecular complexity index is 756. The number of nitrogens with zero attached hydrogens (tertiary/aromatic N) is 2. The highest BCUT2D eigenvalue weighted by molar-refractivity contribution is 5.94. The van der Waals surface area contributed by atoms with Gasteiger partial charge in [0.2, 0.25) is 0 Å². The average molecular weight is 397 g/mol. The van der Waals surface area contributed by atoms with Crippen LogP contribution in [0.2, 0.25) is 0 Å². The first-order valence-electron chi connectivity index (χ1n) is 10.3. The highest BCUT2D eigenvalue weighted by Gasteiger charge is 2.11. The monoisotopic (exact) mass is 396 g/mol. The maximum atomic E-state index is 12.4. The summed E-state index contributed by atoms with van der Waals surface area (Å²) in [6.45, 7) is 9.96. The highest BCUT2D eigenvalue weighted by Crippen LogP contribution is 2.09. The molecule has 0 saturated heterocycles. The molecule has 0 fully saturated rings. The summed E-state index contributed by atoms with van der Waals surface area (Å²) < 4.78 is 5.69. The highest BCUT2D eigenvalue weighted by atomic mass is 16.5. The van der Waals surface area contributed by atoms with E-state index in [4.69, 9.17) is 4.74 Å². The molecule has 0 aliphatic carbocycles. The molecule has 29 heavy (non-hydrogen) atoms. The fourth-order valence-corrected chi connectivity index (χ4v) is 2.81. The Kier molecular flexibility index (Phi) is 9.55. The number of ether oxygens (including phenoxy) is 1. The molecule has 0 radical (unpaired) electrons. The lowest BCUT2D eigenvalue weighted by molar-refractivity contribution is 0.0773. The van der Waals surface area contributed by atoms with Crippen molar-refractivity contribution in [1.29, 1.82) is 0 Å². The van der Waals surface area contributed by atoms with E-state index in [1.54, 1.807) is 0 Å². The van der Waals surface area contributed by atoms with Crippen LogP contribution in [0.4, 0.5) is 0 Å². The maximum Gasteiger partial charge on any atom is 0.253 e. The number of benzene rings is 2. The second kappa shape index (κ2) is 12.4. The molecule has 0 aliphatic rings. The maximum absolute atomic E-state index is 12.4. The molecule has 156 valence electrons. The minimum absolute atomic E-state index is 0.0680. The number of rotatable bonds is 10. The van der Waals surface area contributed by atoms with Gasteiger partial charge in [-0.25, -0.2) is 4.99 Å². The van der Waals surface area contributed by atoms with E-state index in [0.29, 0.717) is 38.3 Å². The molecule has 0 aliphatic heterocycles. The minimum atomic E-state index is 0.0680. The summed E-state index contributed by atoms with van der Waals surface area (Å²) in [4.78, 5) is 18.8. The summed E-state index contributed by atoms with van der Waals surface area (Å²) in [5.74, 6) is 1.67. The van der Waals surface area contributed by atoms with Crippen molar-refractivity contribution < 1.29 is 9.53 Å². The smallest absolute Gasteiger partial charge is 0.253 e. The number of aliphatic imine (C=N–C) groups is 1. The number of hydrogen-bond acceptors (Lipinski definition) is 3. The van der Waals surface area contributed by atoms with Gasteiger partial charge in [-0.15, -0.1) is 0 Å². The second-order valence-electron chi connectivity index (χ2n) is 6.46. The molecule has 0 saturated carbocycles. The van der Waals surface area contributed by atoms with Gasteiger partial charge in [-0.2, -0.15) is 0 Å². The van der Waals surface area contributed by atoms with Crippen LogP contribution < -0.4 is 15.4 Å². The summed E-state index contributed by atoms with van der Waals surface area (Å²) in [7, 11) is 0. The van der Waals surface area contributed by atoms with Gasteiger partial charge in [0.05, 0.1) is 13.1 Å². The van der Waals surface area contributed by atoms with Crippen molar-refractivity contribution in [1.82, 2.24) is 15.5 Å². The average Bonchev–Trinajstić information content (AvgIpc) is 2.76. The van der Waals surface area contributed by atoms with Gasteiger partial charge in [0.25, 0.3) is 5.91 Å². The quantitative estimate of drug-likeness (QED) is 0.367. The van der Waals surface area contributed by atoms with Crippen molar-refractivity contribution >= 4 is 11.9 Å². The van der Waals surface area contributed by atoms with E-state index in [1.165, 1.54) is 0 Å². The van der Waals surface area contributed by atoms with Crippen LogP contribution in [0, 0.1) is 0 Å². The van der Waals surface area contributed by atoms with Gasteiger partial charge < -0.3 is 20.3 Å². The number of carbonyl (C=O) groups excluding carboxylic acids is 1. The summed E-state index contributed by atoms with van der Waals surface area (Å²) in [5, 5.41) is 6.51. The van der Waals surface area contributed by atoms with Crippen LogP contribution in [0.1, 0.15) is 36.7 Å². The molecule has 0 heterocycles. The summed E-state index contributed by atoms with van der Waals surface area (Å²) in [6, 6.07) is 17.4. The zero-order valence-corrected chi connectivity index (χ0v) is 17.6. The van der Waals surface area contributed by atoms with Gasteiger partial charge >= 0.3 is 0 Å². The van der Waals surface area contributed by atoms with Crippen LogP contribution in [0.15, 0.2) is 59.6 Å². The Labute approximate surface area is 174 Å². The lowest BCUT2D eigenvalue weighted by Crippen LogP contribution is -2.39. The van der Waals surface area contributed by atoms with Gasteiger partial charge in [0.15, 0.2) is 5.96 Å². The predicted molar refractivity (Wildman–Crippen MR) is 118 cm³/mol. The second-order valence-corrected chi connectivity index (χ2v) is 6.46. The topological polar surface area (TPSA) is 66.0 Å². The molecule has 2 aromatic rings. The van der Waals surface area contributed by atoms with Crippen LogP contribution in [-0.2, 0) is 6.54 Å². The number of carbonyl (C=O) groups is 1. The Morgan fingerprint density at radius 3 is 2.28 bits per heavy atom. The molecule has 2 aromatic carbocycles. The Morgan fingerprint density at radius 2 is 1.66 bits per heavy atom. The van der Waals surface area contributed by atoms with Crippen LogP contribution in [-0.4, -0.2) is 49.6 Å². The van der Waals surface area contributed by atoms with Crippen molar-refractivity contribution in [3.63, 3.8) is 0 Å². The molecule has 6 heteroatoms. The standard InChI is InChI=1S/C23H32N4O2/c1-4-24-23(25-16-17-29-21-10-8-7-9-11-21)26-18-19-12-14-20(15-13-19)22(28)27(5-2)6-3/h7-15H,4-6,16-18H2,1-3H3,(H2,24,25,26). The van der Waals surface area contributed by atoms with Crippen molar-refractivity contribution in [3.8, 4) is 5.75 Å². The van der Waals surface area contributed by atoms with Crippen molar-refractivity contribution in [2.45, 2.75) is 27.3 Å². The molecule has 0 atom stereocenters. The number of nitrogens with one attached hydrogen (secondary N) is 2. The molecule has 0 aromatic heterocycles. The Hall–Kier alpha value is -3.02. The number of guanidine groups is 1. The SMILES string of the molecule is CCNC(=NCc1ccc(C(=O)N(CC)CC)cc1)NCCOc1ccccc1. The predicted octanol–water partition coefficient (Wildman–Crippen LogP) is 3.30. The molecular weight excluding hydrogens is 364 g/mol. The number of hydrogen-bond donors (Lipinski definition) is 2. The molecule has 0 bridgehead atoms. The van der Waals surface area contributed by atoms with Gasteiger partial charge in [-0.05, 0) is 50.6 Å². The first kappa shape index (κ1) is 22.3. The van der Waals surface area contributed by atoms with Crippen LogP contribution >= 0.6 is 0 Å². The minimum Gasteiger partial charge on any atom is -0.492 e. The van der Waals surface area contributed by atoms with E-state index in [0.717, 1.165) is 23.8 Å². The van der Waals surface area contributed by atoms with Gasteiger partial charge in [0.1, 0.15) is 12.4 Å². The molecule has 0 unspecified atom stereocenters. The molecule has 1 amide bonds. The van der Waals surface area contributed by atoms with Crippen molar-refractivity contribution in [3.05, 3.63) is 65.7 Å². The Morgan fingerprint density at radius 1 is 0.966 bits per heavy atom. The van der Waals surface area contributed by atoms with E-state index in [2.05, 4.69) is 15.6 Å². The van der Waals surface area contributed by atoms with Crippen LogP contribution in [0.25, 0.3) is 0 Å². The molecule has 2 N–H and O–H groups in total. The molecule has 0 spiro atoms. The zero-order valence-electron chi connectivity index (χ0n) is 17.6. The lowest BCUT2D eigenvalue weighted by atomic mass is 10.1. The van der Waals surface area contributed by atoms with Crippen LogP contribution in [0.3, 0.4) is 0 Å². The largest absolute Gasteiger partial charge is 0.492 e. The lowest BCUT2D eigenvalue weighted by Gasteiger charge is -2.18. The van der Waals surface area contributed by atoms with Gasteiger partial charge in [-0.1, -0.05) is 30.3 Å². The fourth-order valence-electron chi connectivity index (χ4n) is 2.81. The molecule has 6 nitrogen and oxygen atoms in total. The third-order valence-electron chi connectivity index (χ3n) is 4.42. The summed E-state index contributed by atoms with van der Waals surface area (Å²) >= 11 is 0. The summed E-state index contributed by atoms with van der Waals surface area (Å²) in [6.07, 6.45) is 0. The van der Waals surface area contributed by atoms with Gasteiger partial charge in [-0.3, -0.25) is 4.79 Å². The van der Waals surface area contributed by atoms with Crippen molar-refractivity contribution in [2.24, 2.45) is 4.99 Å². The first-order valence-corrected chi connectivity index (χ1v) is 10.3. The van der Waals surface area contributed by atoms with E-state index < -0.39 is 0 Å². The first-order chi connectivity index (χ1) is 14.2. The van der Waals surface area contributed by atoms with E-state index in [-0.39, 0.29) is 5.91 Å². The fraction of sp³-hybridized carbons (Fsp3) is 0.391. The number of para-hydroxylation sites is 1. The zero-order chi connectivity index (χ0) is 20.9. The molecule has 2 rings (SSSR count). The molecular formula is C23H32N4O2. The van der Waals surface area contributed by atoms with Crippen LogP contribution in [0.5, 0.6) is 5.75 Å². The third kappa shape index (κ3) is 7.49. The van der Waals surface area contributed by atoms with E-state index in [9.17, 15) is 4.79 Å². The van der Waals surface area contributed by atoms with E-state index >= 15 is 0 Å². The third-order valence-corrected chi connectivity index (χ3v) is 4.42. The summed E-state index contributed by atoms with van der Waals surface area (Å²) in [5.41, 5.74) is 1.77. The Balaban J connectivity index is 1.86. The number of amides is 1. The van der Waals surface area contributed by atoms with E-state index in [1.807, 2.05) is 80.3 Å². The van der Waals surface area contributed by atoms with Gasteiger partial charge in [0, 0.05) is 25.2 Å². The normalized spacial score (nSPS) is 11.1.